The van der Waals surface area contributed by atoms with Crippen LogP contribution < -0.4 is 0 Å². The van der Waals surface area contributed by atoms with Crippen LogP contribution in [0.4, 0.5) is 11.4 Å². The van der Waals surface area contributed by atoms with E-state index in [0.717, 1.165) is 21.8 Å². The van der Waals surface area contributed by atoms with Gasteiger partial charge in [0.05, 0.1) is 11.0 Å². The molecule has 5 nitrogen and oxygen atoms in total. The van der Waals surface area contributed by atoms with E-state index in [-0.39, 0.29) is 0 Å². The largest absolute Gasteiger partial charge is 0.594 e. The van der Waals surface area contributed by atoms with Crippen molar-refractivity contribution in [2.24, 2.45) is 5.11 Å². The molecule has 0 atom stereocenters. The molecule has 0 saturated carbocycles. The molecule has 0 fully saturated rings. The normalized spacial score (nSPS) is 11.9. The van der Waals surface area contributed by atoms with Crippen LogP contribution in [-0.2, 0) is 0 Å². The summed E-state index contributed by atoms with van der Waals surface area (Å²) in [4.78, 5) is 9.12. The molecule has 0 spiro atoms. The van der Waals surface area contributed by atoms with Crippen molar-refractivity contribution in [2.75, 3.05) is 0 Å². The lowest BCUT2D eigenvalue weighted by Crippen LogP contribution is -1.91. The minimum Gasteiger partial charge on any atom is -0.594 e. The Bertz CT molecular complexity index is 1040. The third kappa shape index (κ3) is 2.60. The first kappa shape index (κ1) is 13.3. The first-order valence-corrected chi connectivity index (χ1v) is 7.18. The Kier molecular flexibility index (Phi) is 3.16. The molecule has 4 aromatic rings. The lowest BCUT2D eigenvalue weighted by Gasteiger charge is -2.02. The van der Waals surface area contributed by atoms with Crippen molar-refractivity contribution in [3.05, 3.63) is 78.3 Å². The maximum atomic E-state index is 12.3. The molecule has 0 aliphatic heterocycles. The Morgan fingerprint density at radius 1 is 0.783 bits per heavy atom. The quantitative estimate of drug-likeness (QED) is 0.306. The molecule has 2 aromatic heterocycles. The van der Waals surface area contributed by atoms with Gasteiger partial charge in [-0.25, -0.2) is 0 Å². The molecule has 110 valence electrons. The van der Waals surface area contributed by atoms with Crippen LogP contribution in [0.3, 0.4) is 0 Å². The van der Waals surface area contributed by atoms with Crippen LogP contribution in [0.25, 0.3) is 21.8 Å². The highest BCUT2D eigenvalue weighted by Gasteiger charge is 2.06. The number of azo groups is 1. The number of pyridine rings is 2. The molecular formula is C18H12N4O. The Hall–Kier alpha value is -3.34. The molecule has 2 heterocycles. The van der Waals surface area contributed by atoms with E-state index in [4.69, 9.17) is 0 Å². The van der Waals surface area contributed by atoms with Gasteiger partial charge in [-0.2, -0.15) is 0 Å². The zero-order chi connectivity index (χ0) is 15.6. The second-order valence-electron chi connectivity index (χ2n) is 5.13. The fourth-order valence-electron chi connectivity index (χ4n) is 2.47. The van der Waals surface area contributed by atoms with Gasteiger partial charge in [-0.3, -0.25) is 9.97 Å². The molecule has 0 bridgehead atoms. The van der Waals surface area contributed by atoms with Crippen LogP contribution in [0, 0.1) is 5.21 Å². The van der Waals surface area contributed by atoms with E-state index >= 15 is 0 Å². The van der Waals surface area contributed by atoms with E-state index < -0.39 is 0 Å². The molecule has 0 saturated heterocycles. The minimum absolute atomic E-state index is 0.469. The van der Waals surface area contributed by atoms with E-state index in [2.05, 4.69) is 15.1 Å². The van der Waals surface area contributed by atoms with E-state index in [1.165, 1.54) is 0 Å². The topological polar surface area (TPSA) is 64.2 Å². The molecule has 4 rings (SSSR count). The third-order valence-corrected chi connectivity index (χ3v) is 3.60. The van der Waals surface area contributed by atoms with Crippen LogP contribution in [0.5, 0.6) is 0 Å². The number of aromatic nitrogens is 2. The van der Waals surface area contributed by atoms with E-state index in [1.807, 2.05) is 42.5 Å². The Labute approximate surface area is 132 Å². The van der Waals surface area contributed by atoms with Crippen LogP contribution >= 0.6 is 0 Å². The van der Waals surface area contributed by atoms with Crippen molar-refractivity contribution in [3.8, 4) is 0 Å². The first-order valence-electron chi connectivity index (χ1n) is 7.18. The van der Waals surface area contributed by atoms with Gasteiger partial charge in [0, 0.05) is 40.4 Å². The van der Waals surface area contributed by atoms with E-state index in [0.29, 0.717) is 16.2 Å². The van der Waals surface area contributed by atoms with Gasteiger partial charge in [-0.05, 0) is 36.4 Å². The summed E-state index contributed by atoms with van der Waals surface area (Å²) in [5.41, 5.74) is 2.78. The monoisotopic (exact) mass is 300 g/mol. The summed E-state index contributed by atoms with van der Waals surface area (Å²) in [6, 6.07) is 18.3. The van der Waals surface area contributed by atoms with Gasteiger partial charge in [0.15, 0.2) is 0 Å². The molecule has 0 aliphatic carbocycles. The fourth-order valence-corrected chi connectivity index (χ4v) is 2.47. The van der Waals surface area contributed by atoms with Gasteiger partial charge < -0.3 is 5.21 Å². The zero-order valence-corrected chi connectivity index (χ0v) is 12.1. The lowest BCUT2D eigenvalue weighted by atomic mass is 10.2. The number of benzene rings is 2. The Morgan fingerprint density at radius 3 is 2.17 bits per heavy atom. The highest BCUT2D eigenvalue weighted by molar-refractivity contribution is 5.81. The number of rotatable bonds is 2. The maximum absolute atomic E-state index is 12.3. The molecular weight excluding hydrogens is 288 g/mol. The standard InChI is InChI=1S/C18H12N4O/c23-22(16-6-8-18-14(12-16)4-2-10-20-18)21-15-5-7-17-13(11-15)3-1-9-19-17/h1-12H. The van der Waals surface area contributed by atoms with Gasteiger partial charge in [0.2, 0.25) is 5.69 Å². The molecule has 0 unspecified atom stereocenters. The minimum atomic E-state index is 0.469. The predicted molar refractivity (Wildman–Crippen MR) is 88.9 cm³/mol. The predicted octanol–water partition coefficient (Wildman–Crippen LogP) is 4.71. The van der Waals surface area contributed by atoms with Gasteiger partial charge in [-0.15, -0.1) is 0 Å². The van der Waals surface area contributed by atoms with Gasteiger partial charge in [0.25, 0.3) is 0 Å². The van der Waals surface area contributed by atoms with E-state index in [1.54, 1.807) is 30.6 Å². The third-order valence-electron chi connectivity index (χ3n) is 3.60. The average molecular weight is 300 g/mol. The summed E-state index contributed by atoms with van der Waals surface area (Å²) in [7, 11) is 0. The Morgan fingerprint density at radius 2 is 1.43 bits per heavy atom. The van der Waals surface area contributed by atoms with Gasteiger partial charge >= 0.3 is 0 Å². The van der Waals surface area contributed by atoms with Crippen molar-refractivity contribution in [1.29, 1.82) is 0 Å². The van der Waals surface area contributed by atoms with Crippen molar-refractivity contribution in [2.45, 2.75) is 0 Å². The van der Waals surface area contributed by atoms with Crippen LogP contribution in [-0.4, -0.2) is 14.8 Å². The van der Waals surface area contributed by atoms with Crippen LogP contribution in [0.15, 0.2) is 78.2 Å². The molecule has 0 amide bonds. The highest BCUT2D eigenvalue weighted by Crippen LogP contribution is 2.23. The number of hydrogen-bond acceptors (Lipinski definition) is 4. The Balaban J connectivity index is 1.75. The smallest absolute Gasteiger partial charge is 0.245 e. The lowest BCUT2D eigenvalue weighted by molar-refractivity contribution is -0.435. The zero-order valence-electron chi connectivity index (χ0n) is 12.1. The number of hydrogen-bond donors (Lipinski definition) is 0. The molecule has 2 aromatic carbocycles. The molecule has 0 radical (unpaired) electrons. The van der Waals surface area contributed by atoms with Crippen molar-refractivity contribution < 1.29 is 4.86 Å². The fraction of sp³-hybridized carbons (Fsp3) is 0. The van der Waals surface area contributed by atoms with Gasteiger partial charge in [-0.1, -0.05) is 17.0 Å². The summed E-state index contributed by atoms with van der Waals surface area (Å²) in [5, 5.41) is 18.3. The maximum Gasteiger partial charge on any atom is 0.245 e. The molecule has 0 aliphatic rings. The molecule has 0 N–H and O–H groups in total. The van der Waals surface area contributed by atoms with Crippen LogP contribution in [0.1, 0.15) is 0 Å². The highest BCUT2D eigenvalue weighted by atomic mass is 16.5. The van der Waals surface area contributed by atoms with Crippen molar-refractivity contribution in [3.63, 3.8) is 0 Å². The molecule has 5 heteroatoms. The summed E-state index contributed by atoms with van der Waals surface area (Å²) < 4.78 is 0. The number of nitrogens with zero attached hydrogens (tertiary/aromatic N) is 4. The summed E-state index contributed by atoms with van der Waals surface area (Å²) >= 11 is 0. The summed E-state index contributed by atoms with van der Waals surface area (Å²) in [5.74, 6) is 0. The number of fused-ring (bicyclic) bond motifs is 2. The SMILES string of the molecule is [O-][N+](=Nc1ccc2ncccc2c1)c1ccc2ncccc2c1. The van der Waals surface area contributed by atoms with E-state index in [9.17, 15) is 5.21 Å². The van der Waals surface area contributed by atoms with Gasteiger partial charge in [0.1, 0.15) is 5.69 Å². The average Bonchev–Trinajstić information content (AvgIpc) is 2.61. The van der Waals surface area contributed by atoms with Crippen molar-refractivity contribution >= 4 is 33.2 Å². The summed E-state index contributed by atoms with van der Waals surface area (Å²) in [6.45, 7) is 0. The first-order chi connectivity index (χ1) is 11.3. The second kappa shape index (κ2) is 5.46. The summed E-state index contributed by atoms with van der Waals surface area (Å²) in [6.07, 6.45) is 3.46. The van der Waals surface area contributed by atoms with Crippen LogP contribution in [0.2, 0.25) is 0 Å². The molecule has 23 heavy (non-hydrogen) atoms. The second-order valence-corrected chi connectivity index (χ2v) is 5.13. The van der Waals surface area contributed by atoms with Crippen molar-refractivity contribution in [1.82, 2.24) is 9.97 Å².